The first kappa shape index (κ1) is 20.8. The van der Waals surface area contributed by atoms with Crippen molar-refractivity contribution in [1.29, 1.82) is 0 Å². The van der Waals surface area contributed by atoms with Crippen LogP contribution in [0.25, 0.3) is 16.0 Å². The molecule has 0 bridgehead atoms. The van der Waals surface area contributed by atoms with Crippen LogP contribution in [0.4, 0.5) is 5.69 Å². The van der Waals surface area contributed by atoms with Gasteiger partial charge in [0, 0.05) is 11.8 Å². The van der Waals surface area contributed by atoms with Crippen LogP contribution in [0.1, 0.15) is 5.56 Å². The monoisotopic (exact) mass is 491 g/mol. The van der Waals surface area contributed by atoms with E-state index >= 15 is 0 Å². The van der Waals surface area contributed by atoms with Gasteiger partial charge in [-0.15, -0.1) is 21.5 Å². The van der Waals surface area contributed by atoms with Gasteiger partial charge in [0.25, 0.3) is 5.56 Å². The molecule has 6 rings (SSSR count). The normalized spacial score (nSPS) is 12.5. The van der Waals surface area contributed by atoms with Gasteiger partial charge in [0.1, 0.15) is 4.70 Å². The first-order chi connectivity index (χ1) is 16.7. The third kappa shape index (κ3) is 3.68. The Bertz CT molecular complexity index is 1590. The summed E-state index contributed by atoms with van der Waals surface area (Å²) in [6, 6.07) is 16.9. The van der Waals surface area contributed by atoms with Crippen molar-refractivity contribution in [2.75, 3.05) is 17.9 Å². The SMILES string of the molecule is O=C(CSc1nnc2n(Cc3ccccc3)c(=O)c3sccc3n12)Nc1ccc2c(c1)OCO2. The van der Waals surface area contributed by atoms with Crippen molar-refractivity contribution in [2.24, 2.45) is 0 Å². The predicted octanol–water partition coefficient (Wildman–Crippen LogP) is 3.61. The highest BCUT2D eigenvalue weighted by Crippen LogP contribution is 2.34. The minimum Gasteiger partial charge on any atom is -0.454 e. The van der Waals surface area contributed by atoms with Gasteiger partial charge in [0.05, 0.1) is 17.8 Å². The van der Waals surface area contributed by atoms with Crippen LogP contribution in [-0.2, 0) is 11.3 Å². The number of nitrogens with zero attached hydrogens (tertiary/aromatic N) is 4. The van der Waals surface area contributed by atoms with Gasteiger partial charge >= 0.3 is 0 Å². The summed E-state index contributed by atoms with van der Waals surface area (Å²) in [7, 11) is 0. The molecule has 0 saturated heterocycles. The highest BCUT2D eigenvalue weighted by molar-refractivity contribution is 7.99. The maximum absolute atomic E-state index is 13.2. The smallest absolute Gasteiger partial charge is 0.273 e. The molecule has 1 aliphatic rings. The zero-order valence-electron chi connectivity index (χ0n) is 17.6. The van der Waals surface area contributed by atoms with Crippen molar-refractivity contribution in [1.82, 2.24) is 19.2 Å². The topological polar surface area (TPSA) is 99.8 Å². The molecule has 0 spiro atoms. The summed E-state index contributed by atoms with van der Waals surface area (Å²) in [5.41, 5.74) is 2.24. The average Bonchev–Trinajstić information content (AvgIpc) is 3.60. The lowest BCUT2D eigenvalue weighted by atomic mass is 10.2. The largest absolute Gasteiger partial charge is 0.454 e. The molecular weight excluding hydrogens is 474 g/mol. The number of anilines is 1. The fraction of sp³-hybridized carbons (Fsp3) is 0.130. The Morgan fingerprint density at radius 3 is 2.82 bits per heavy atom. The van der Waals surface area contributed by atoms with E-state index in [0.29, 0.717) is 39.4 Å². The Kier molecular flexibility index (Phi) is 5.19. The molecule has 3 aromatic heterocycles. The number of aromatic nitrogens is 4. The lowest BCUT2D eigenvalue weighted by Gasteiger charge is -2.09. The van der Waals surface area contributed by atoms with Gasteiger partial charge in [-0.25, -0.2) is 0 Å². The van der Waals surface area contributed by atoms with Gasteiger partial charge in [0.2, 0.25) is 18.5 Å². The summed E-state index contributed by atoms with van der Waals surface area (Å²) >= 11 is 2.64. The van der Waals surface area contributed by atoms with Crippen LogP contribution in [0.2, 0.25) is 0 Å². The van der Waals surface area contributed by atoms with Crippen molar-refractivity contribution < 1.29 is 14.3 Å². The van der Waals surface area contributed by atoms with E-state index < -0.39 is 0 Å². The second kappa shape index (κ2) is 8.50. The molecule has 0 radical (unpaired) electrons. The molecule has 0 saturated carbocycles. The summed E-state index contributed by atoms with van der Waals surface area (Å²) in [4.78, 5) is 25.8. The van der Waals surface area contributed by atoms with Crippen LogP contribution in [0.15, 0.2) is 69.9 Å². The van der Waals surface area contributed by atoms with E-state index in [9.17, 15) is 9.59 Å². The van der Waals surface area contributed by atoms with Crippen LogP contribution >= 0.6 is 23.1 Å². The molecule has 11 heteroatoms. The van der Waals surface area contributed by atoms with Crippen molar-refractivity contribution in [3.63, 3.8) is 0 Å². The first-order valence-electron chi connectivity index (χ1n) is 10.4. The van der Waals surface area contributed by atoms with Gasteiger partial charge < -0.3 is 14.8 Å². The molecule has 170 valence electrons. The fourth-order valence-electron chi connectivity index (χ4n) is 3.80. The molecule has 0 aliphatic carbocycles. The first-order valence-corrected chi connectivity index (χ1v) is 12.3. The minimum atomic E-state index is -0.195. The number of amides is 1. The molecular formula is C23H17N5O4S2. The number of carbonyl (C=O) groups is 1. The quantitative estimate of drug-likeness (QED) is 0.362. The predicted molar refractivity (Wildman–Crippen MR) is 130 cm³/mol. The number of thiophene rings is 1. The summed E-state index contributed by atoms with van der Waals surface area (Å²) < 4.78 is 14.7. The Morgan fingerprint density at radius 2 is 1.94 bits per heavy atom. The molecule has 1 aliphatic heterocycles. The molecule has 0 unspecified atom stereocenters. The van der Waals surface area contributed by atoms with Crippen LogP contribution in [0.3, 0.4) is 0 Å². The Balaban J connectivity index is 1.28. The molecule has 1 amide bonds. The van der Waals surface area contributed by atoms with Crippen molar-refractivity contribution in [3.8, 4) is 11.5 Å². The van der Waals surface area contributed by atoms with Crippen molar-refractivity contribution in [2.45, 2.75) is 11.7 Å². The molecule has 4 heterocycles. The van der Waals surface area contributed by atoms with E-state index in [1.165, 1.54) is 23.1 Å². The number of benzene rings is 2. The van der Waals surface area contributed by atoms with Gasteiger partial charge in [-0.3, -0.25) is 18.6 Å². The van der Waals surface area contributed by atoms with Gasteiger partial charge in [-0.05, 0) is 29.1 Å². The third-order valence-electron chi connectivity index (χ3n) is 5.35. The number of thioether (sulfide) groups is 1. The number of ether oxygens (including phenoxy) is 2. The molecule has 1 N–H and O–H groups in total. The number of fused-ring (bicyclic) bond motifs is 4. The molecule has 2 aromatic carbocycles. The van der Waals surface area contributed by atoms with Gasteiger partial charge in [-0.2, -0.15) is 0 Å². The summed E-state index contributed by atoms with van der Waals surface area (Å²) in [5.74, 6) is 1.63. The van der Waals surface area contributed by atoms with E-state index in [2.05, 4.69) is 15.5 Å². The summed E-state index contributed by atoms with van der Waals surface area (Å²) in [5, 5.41) is 13.9. The number of carbonyl (C=O) groups excluding carboxylic acids is 1. The standard InChI is InChI=1S/C23H17N5O4S2/c29-19(24-15-6-7-17-18(10-15)32-13-31-17)12-34-23-26-25-22-27(11-14-4-2-1-3-5-14)21(30)20-16(28(22)23)8-9-33-20/h1-10H,11-13H2,(H,24,29). The van der Waals surface area contributed by atoms with E-state index in [4.69, 9.17) is 9.47 Å². The van der Waals surface area contributed by atoms with Gasteiger partial charge in [0.15, 0.2) is 16.7 Å². The maximum atomic E-state index is 13.2. The minimum absolute atomic E-state index is 0.106. The molecule has 5 aromatic rings. The summed E-state index contributed by atoms with van der Waals surface area (Å²) in [6.45, 7) is 0.555. The highest BCUT2D eigenvalue weighted by atomic mass is 32.2. The summed E-state index contributed by atoms with van der Waals surface area (Å²) in [6.07, 6.45) is 0. The lowest BCUT2D eigenvalue weighted by Crippen LogP contribution is -2.23. The van der Waals surface area contributed by atoms with Crippen molar-refractivity contribution >= 4 is 50.7 Å². The number of rotatable bonds is 6. The lowest BCUT2D eigenvalue weighted by molar-refractivity contribution is -0.113. The van der Waals surface area contributed by atoms with E-state index in [0.717, 1.165) is 11.1 Å². The van der Waals surface area contributed by atoms with Crippen molar-refractivity contribution in [3.05, 3.63) is 75.9 Å². The number of hydrogen-bond acceptors (Lipinski definition) is 8. The second-order valence-electron chi connectivity index (χ2n) is 7.53. The van der Waals surface area contributed by atoms with E-state index in [1.54, 1.807) is 22.8 Å². The van der Waals surface area contributed by atoms with Crippen LogP contribution in [0.5, 0.6) is 11.5 Å². The molecule has 9 nitrogen and oxygen atoms in total. The van der Waals surface area contributed by atoms with E-state index in [1.807, 2.05) is 46.2 Å². The van der Waals surface area contributed by atoms with Crippen LogP contribution in [-0.4, -0.2) is 37.6 Å². The maximum Gasteiger partial charge on any atom is 0.273 e. The molecule has 0 atom stereocenters. The third-order valence-corrected chi connectivity index (χ3v) is 7.18. The highest BCUT2D eigenvalue weighted by Gasteiger charge is 2.19. The molecule has 0 fully saturated rings. The Labute approximate surface area is 201 Å². The second-order valence-corrected chi connectivity index (χ2v) is 9.39. The zero-order valence-corrected chi connectivity index (χ0v) is 19.3. The molecule has 34 heavy (non-hydrogen) atoms. The van der Waals surface area contributed by atoms with E-state index in [-0.39, 0.29) is 24.0 Å². The average molecular weight is 492 g/mol. The van der Waals surface area contributed by atoms with Gasteiger partial charge in [-0.1, -0.05) is 42.1 Å². The Hall–Kier alpha value is -3.83. The van der Waals surface area contributed by atoms with Crippen LogP contribution < -0.4 is 20.3 Å². The fourth-order valence-corrected chi connectivity index (χ4v) is 5.37. The number of nitrogens with one attached hydrogen (secondary N) is 1. The number of hydrogen-bond donors (Lipinski definition) is 1. The van der Waals surface area contributed by atoms with Crippen LogP contribution in [0, 0.1) is 0 Å². The zero-order chi connectivity index (χ0) is 23.1. The Morgan fingerprint density at radius 1 is 1.09 bits per heavy atom.